The van der Waals surface area contributed by atoms with E-state index in [1.54, 1.807) is 12.1 Å². The Bertz CT molecular complexity index is 814. The first-order chi connectivity index (χ1) is 11.4. The van der Waals surface area contributed by atoms with Crippen molar-refractivity contribution in [3.63, 3.8) is 0 Å². The Kier molecular flexibility index (Phi) is 4.38. The molecule has 3 rings (SSSR count). The number of hydrogen-bond acceptors (Lipinski definition) is 2. The molecule has 24 heavy (non-hydrogen) atoms. The summed E-state index contributed by atoms with van der Waals surface area (Å²) in [6.45, 7) is 3.85. The average Bonchev–Trinajstić information content (AvgIpc) is 3.26. The Labute approximate surface area is 139 Å². The summed E-state index contributed by atoms with van der Waals surface area (Å²) < 4.78 is 12.9. The van der Waals surface area contributed by atoms with Gasteiger partial charge < -0.3 is 15.6 Å². The van der Waals surface area contributed by atoms with Crippen LogP contribution in [0.15, 0.2) is 35.1 Å². The van der Waals surface area contributed by atoms with Gasteiger partial charge in [0.15, 0.2) is 0 Å². The van der Waals surface area contributed by atoms with Crippen molar-refractivity contribution < 1.29 is 9.18 Å². The normalized spacial score (nSPS) is 19.0. The smallest absolute Gasteiger partial charge is 0.315 e. The highest BCUT2D eigenvalue weighted by molar-refractivity contribution is 5.75. The van der Waals surface area contributed by atoms with Gasteiger partial charge in [-0.25, -0.2) is 9.18 Å². The Balaban J connectivity index is 1.52. The van der Waals surface area contributed by atoms with Crippen LogP contribution in [0, 0.1) is 19.7 Å². The van der Waals surface area contributed by atoms with Crippen LogP contribution in [0.4, 0.5) is 9.18 Å². The minimum atomic E-state index is -0.302. The third kappa shape index (κ3) is 3.64. The van der Waals surface area contributed by atoms with Crippen molar-refractivity contribution >= 4 is 6.03 Å². The lowest BCUT2D eigenvalue weighted by molar-refractivity contribution is 0.240. The fourth-order valence-electron chi connectivity index (χ4n) is 2.92. The number of aromatic nitrogens is 1. The van der Waals surface area contributed by atoms with Crippen LogP contribution in [0.5, 0.6) is 0 Å². The van der Waals surface area contributed by atoms with E-state index in [0.29, 0.717) is 5.56 Å². The maximum Gasteiger partial charge on any atom is 0.315 e. The Morgan fingerprint density at radius 1 is 1.29 bits per heavy atom. The monoisotopic (exact) mass is 329 g/mol. The third-order valence-corrected chi connectivity index (χ3v) is 4.32. The van der Waals surface area contributed by atoms with Crippen LogP contribution in [0.3, 0.4) is 0 Å². The zero-order chi connectivity index (χ0) is 17.3. The molecule has 2 aromatic rings. The van der Waals surface area contributed by atoms with E-state index in [1.165, 1.54) is 12.1 Å². The summed E-state index contributed by atoms with van der Waals surface area (Å²) in [5, 5.41) is 5.60. The largest absolute Gasteiger partial charge is 0.335 e. The zero-order valence-corrected chi connectivity index (χ0v) is 13.7. The molecule has 1 aromatic heterocycles. The molecule has 0 saturated heterocycles. The number of carbonyl (C=O) groups excluding carboxylic acids is 1. The molecule has 3 N–H and O–H groups in total. The standard InChI is InChI=1S/C18H20FN3O2/c1-10-7-11(2)21-17(23)15(10)9-20-18(24)22-16-8-14(16)12-3-5-13(19)6-4-12/h3-7,14,16H,8-9H2,1-2H3,(H,21,23)(H2,20,22,24)/t14-,16-/m1/s1. The van der Waals surface area contributed by atoms with Crippen molar-refractivity contribution in [1.29, 1.82) is 0 Å². The van der Waals surface area contributed by atoms with Crippen LogP contribution >= 0.6 is 0 Å². The van der Waals surface area contributed by atoms with Gasteiger partial charge in [-0.05, 0) is 49.6 Å². The van der Waals surface area contributed by atoms with E-state index in [-0.39, 0.29) is 35.9 Å². The van der Waals surface area contributed by atoms with Crippen molar-refractivity contribution in [3.8, 4) is 0 Å². The number of amides is 2. The lowest BCUT2D eigenvalue weighted by atomic mass is 10.1. The first kappa shape index (κ1) is 16.2. The summed E-state index contributed by atoms with van der Waals surface area (Å²) in [7, 11) is 0. The van der Waals surface area contributed by atoms with Crippen LogP contribution in [-0.2, 0) is 6.54 Å². The Morgan fingerprint density at radius 2 is 2.00 bits per heavy atom. The van der Waals surface area contributed by atoms with Crippen LogP contribution in [0.1, 0.15) is 34.7 Å². The lowest BCUT2D eigenvalue weighted by Crippen LogP contribution is -2.38. The molecule has 2 atom stereocenters. The van der Waals surface area contributed by atoms with Gasteiger partial charge in [-0.3, -0.25) is 4.79 Å². The number of hydrogen-bond donors (Lipinski definition) is 3. The molecule has 5 nitrogen and oxygen atoms in total. The summed E-state index contributed by atoms with van der Waals surface area (Å²) in [6, 6.07) is 7.97. The zero-order valence-electron chi connectivity index (χ0n) is 13.7. The van der Waals surface area contributed by atoms with Crippen molar-refractivity contribution in [3.05, 3.63) is 68.9 Å². The molecule has 0 bridgehead atoms. The minimum absolute atomic E-state index is 0.0489. The number of benzene rings is 1. The molecule has 1 aliphatic carbocycles. The van der Waals surface area contributed by atoms with Crippen LogP contribution in [-0.4, -0.2) is 17.1 Å². The first-order valence-corrected chi connectivity index (χ1v) is 7.93. The molecular weight excluding hydrogens is 309 g/mol. The third-order valence-electron chi connectivity index (χ3n) is 4.32. The highest BCUT2D eigenvalue weighted by atomic mass is 19.1. The van der Waals surface area contributed by atoms with Crippen molar-refractivity contribution in [2.75, 3.05) is 0 Å². The molecule has 1 saturated carbocycles. The average molecular weight is 329 g/mol. The van der Waals surface area contributed by atoms with Gasteiger partial charge in [-0.1, -0.05) is 12.1 Å². The van der Waals surface area contributed by atoms with Gasteiger partial charge in [0.05, 0.1) is 6.54 Å². The minimum Gasteiger partial charge on any atom is -0.335 e. The highest BCUT2D eigenvalue weighted by Gasteiger charge is 2.39. The van der Waals surface area contributed by atoms with Gasteiger partial charge in [-0.2, -0.15) is 0 Å². The van der Waals surface area contributed by atoms with Crippen molar-refractivity contribution in [1.82, 2.24) is 15.6 Å². The van der Waals surface area contributed by atoms with Crippen molar-refractivity contribution in [2.24, 2.45) is 0 Å². The van der Waals surface area contributed by atoms with E-state index >= 15 is 0 Å². The molecule has 1 aromatic carbocycles. The second-order valence-electron chi connectivity index (χ2n) is 6.27. The number of halogens is 1. The van der Waals surface area contributed by atoms with Crippen LogP contribution in [0.25, 0.3) is 0 Å². The maximum absolute atomic E-state index is 12.9. The molecule has 1 fully saturated rings. The summed E-state index contributed by atoms with van der Waals surface area (Å²) in [4.78, 5) is 26.6. The number of aromatic amines is 1. The Hall–Kier alpha value is -2.63. The Morgan fingerprint density at radius 3 is 2.67 bits per heavy atom. The fraction of sp³-hybridized carbons (Fsp3) is 0.333. The maximum atomic E-state index is 12.9. The van der Waals surface area contributed by atoms with E-state index in [2.05, 4.69) is 15.6 Å². The number of pyridine rings is 1. The number of nitrogens with one attached hydrogen (secondary N) is 3. The first-order valence-electron chi connectivity index (χ1n) is 7.93. The van der Waals surface area contributed by atoms with E-state index < -0.39 is 0 Å². The van der Waals surface area contributed by atoms with Crippen LogP contribution in [0.2, 0.25) is 0 Å². The molecule has 0 radical (unpaired) electrons. The quantitative estimate of drug-likeness (QED) is 0.806. The van der Waals surface area contributed by atoms with E-state index in [0.717, 1.165) is 23.2 Å². The molecule has 126 valence electrons. The summed E-state index contributed by atoms with van der Waals surface area (Å²) >= 11 is 0. The van der Waals surface area contributed by atoms with Gasteiger partial charge in [0.25, 0.3) is 5.56 Å². The van der Waals surface area contributed by atoms with Gasteiger partial charge in [0.1, 0.15) is 5.82 Å². The number of H-pyrrole nitrogens is 1. The number of rotatable bonds is 4. The molecule has 1 aliphatic rings. The lowest BCUT2D eigenvalue weighted by Gasteiger charge is -2.09. The molecule has 2 amide bonds. The fourth-order valence-corrected chi connectivity index (χ4v) is 2.92. The molecule has 0 aliphatic heterocycles. The van der Waals surface area contributed by atoms with Crippen LogP contribution < -0.4 is 16.2 Å². The second kappa shape index (κ2) is 6.47. The predicted molar refractivity (Wildman–Crippen MR) is 89.5 cm³/mol. The van der Waals surface area contributed by atoms with E-state index in [4.69, 9.17) is 0 Å². The van der Waals surface area contributed by atoms with E-state index in [1.807, 2.05) is 19.9 Å². The number of urea groups is 1. The molecule has 6 heteroatoms. The summed E-state index contributed by atoms with van der Waals surface area (Å²) in [5.41, 5.74) is 3.05. The van der Waals surface area contributed by atoms with Gasteiger partial charge in [-0.15, -0.1) is 0 Å². The number of aryl methyl sites for hydroxylation is 2. The second-order valence-corrected chi connectivity index (χ2v) is 6.27. The number of carbonyl (C=O) groups is 1. The van der Waals surface area contributed by atoms with E-state index in [9.17, 15) is 14.0 Å². The molecule has 1 heterocycles. The van der Waals surface area contributed by atoms with Crippen molar-refractivity contribution in [2.45, 2.75) is 38.8 Å². The SMILES string of the molecule is Cc1cc(C)c(CNC(=O)N[C@@H]2C[C@@H]2c2ccc(F)cc2)c(=O)[nH]1. The topological polar surface area (TPSA) is 74.0 Å². The van der Waals surface area contributed by atoms with Gasteiger partial charge in [0.2, 0.25) is 0 Å². The highest BCUT2D eigenvalue weighted by Crippen LogP contribution is 2.40. The summed E-state index contributed by atoms with van der Waals surface area (Å²) in [5.74, 6) is -0.0406. The van der Waals surface area contributed by atoms with Gasteiger partial charge in [0, 0.05) is 23.2 Å². The predicted octanol–water partition coefficient (Wildman–Crippen LogP) is 2.49. The molecule has 0 spiro atoms. The summed E-state index contributed by atoms with van der Waals surface area (Å²) in [6.07, 6.45) is 0.837. The van der Waals surface area contributed by atoms with Gasteiger partial charge >= 0.3 is 6.03 Å². The molecular formula is C18H20FN3O2. The molecule has 0 unspecified atom stereocenters.